The average Bonchev–Trinajstić information content (AvgIpc) is 3.93. The van der Waals surface area contributed by atoms with Crippen molar-refractivity contribution in [3.63, 3.8) is 0 Å². The lowest BCUT2D eigenvalue weighted by atomic mass is 9.74. The molecule has 0 amide bonds. The SMILES string of the molecule is CC1CCN(c2ccc3c4c(-c5cccc6nc7nc(N8CCC(C)C(C9CC(c%10ccc%11c%12cnccc%12n(C)c%11c%10)CCN9C)C8)ccn7c56)nccc4n(C)c3c2)CC1. The Kier molecular flexibility index (Phi) is 8.85. The Morgan fingerprint density at radius 3 is 2.37 bits per heavy atom. The molecule has 9 aromatic rings. The van der Waals surface area contributed by atoms with Gasteiger partial charge in [0.05, 0.1) is 33.3 Å². The molecule has 314 valence electrons. The smallest absolute Gasteiger partial charge is 0.236 e. The van der Waals surface area contributed by atoms with Crippen LogP contribution in [0.5, 0.6) is 0 Å². The molecule has 0 N–H and O–H groups in total. The number of aryl methyl sites for hydroxylation is 2. The van der Waals surface area contributed by atoms with Gasteiger partial charge in [0.2, 0.25) is 5.78 Å². The Morgan fingerprint density at radius 2 is 1.48 bits per heavy atom. The molecule has 0 spiro atoms. The Balaban J connectivity index is 0.848. The standard InChI is InChI=1S/C52H56N10/c1-32-15-23-60(24-16-32)36-10-12-38-47(29-36)59(5)44-14-21-54-50(49(38)44)39-7-6-8-42-51(39)62-26-19-48(56-52(62)55-42)61-25-17-33(2)41(31-61)45-27-35(18-22-57(45)3)34-9-11-37-40-30-53-20-13-43(40)58(4)46(37)28-34/h6-14,19-21,26,28-30,32-33,35,41,45H,15-18,22-25,27,31H2,1-5H3. The van der Waals surface area contributed by atoms with Crippen LogP contribution in [0.3, 0.4) is 0 Å². The van der Waals surface area contributed by atoms with Gasteiger partial charge < -0.3 is 23.8 Å². The number of pyridine rings is 2. The van der Waals surface area contributed by atoms with Crippen LogP contribution in [0.1, 0.15) is 57.4 Å². The molecular weight excluding hydrogens is 765 g/mol. The zero-order valence-corrected chi connectivity index (χ0v) is 36.7. The number of hydrogen-bond donors (Lipinski definition) is 0. The van der Waals surface area contributed by atoms with E-state index in [0.717, 1.165) is 78.9 Å². The lowest BCUT2D eigenvalue weighted by Crippen LogP contribution is -2.52. The van der Waals surface area contributed by atoms with Crippen molar-refractivity contribution in [1.82, 2.24) is 38.4 Å². The summed E-state index contributed by atoms with van der Waals surface area (Å²) in [5.41, 5.74) is 11.8. The van der Waals surface area contributed by atoms with Gasteiger partial charge in [-0.05, 0) is 117 Å². The van der Waals surface area contributed by atoms with E-state index in [9.17, 15) is 0 Å². The normalized spacial score (nSPS) is 22.1. The molecule has 10 nitrogen and oxygen atoms in total. The largest absolute Gasteiger partial charge is 0.371 e. The molecule has 0 saturated carbocycles. The van der Waals surface area contributed by atoms with E-state index in [-0.39, 0.29) is 0 Å². The third kappa shape index (κ3) is 5.93. The Labute approximate surface area is 362 Å². The zero-order chi connectivity index (χ0) is 41.8. The van der Waals surface area contributed by atoms with Gasteiger partial charge in [-0.15, -0.1) is 0 Å². The number of likely N-dealkylation sites (tertiary alicyclic amines) is 1. The first-order valence-electron chi connectivity index (χ1n) is 23.0. The van der Waals surface area contributed by atoms with Crippen molar-refractivity contribution in [2.45, 2.75) is 57.9 Å². The minimum absolute atomic E-state index is 0.503. The molecule has 62 heavy (non-hydrogen) atoms. The summed E-state index contributed by atoms with van der Waals surface area (Å²) in [6.07, 6.45) is 14.1. The summed E-state index contributed by atoms with van der Waals surface area (Å²) in [6.45, 7) is 10.2. The summed E-state index contributed by atoms with van der Waals surface area (Å²) in [5.74, 6) is 4.27. The molecule has 10 heteroatoms. The van der Waals surface area contributed by atoms with Gasteiger partial charge in [-0.2, -0.15) is 4.98 Å². The first-order valence-corrected chi connectivity index (χ1v) is 23.0. The third-order valence-electron chi connectivity index (χ3n) is 15.6. The lowest BCUT2D eigenvalue weighted by molar-refractivity contribution is 0.0809. The van der Waals surface area contributed by atoms with Crippen molar-refractivity contribution in [3.05, 3.63) is 103 Å². The summed E-state index contributed by atoms with van der Waals surface area (Å²) >= 11 is 0. The molecule has 3 fully saturated rings. The van der Waals surface area contributed by atoms with Crippen molar-refractivity contribution in [3.8, 4) is 11.3 Å². The molecule has 0 aliphatic carbocycles. The summed E-state index contributed by atoms with van der Waals surface area (Å²) in [7, 11) is 6.73. The van der Waals surface area contributed by atoms with Crippen LogP contribution in [0, 0.1) is 17.8 Å². The highest BCUT2D eigenvalue weighted by Gasteiger charge is 2.39. The second-order valence-electron chi connectivity index (χ2n) is 19.1. The fourth-order valence-corrected chi connectivity index (χ4v) is 11.9. The quantitative estimate of drug-likeness (QED) is 0.171. The molecule has 9 heterocycles. The van der Waals surface area contributed by atoms with E-state index in [1.54, 1.807) is 0 Å². The van der Waals surface area contributed by atoms with E-state index in [2.05, 4.69) is 147 Å². The van der Waals surface area contributed by atoms with Crippen molar-refractivity contribution >= 4 is 71.9 Å². The maximum Gasteiger partial charge on any atom is 0.236 e. The van der Waals surface area contributed by atoms with Gasteiger partial charge in [0.25, 0.3) is 0 Å². The number of nitrogens with zero attached hydrogens (tertiary/aromatic N) is 10. The van der Waals surface area contributed by atoms with Gasteiger partial charge in [0, 0.05) is 109 Å². The van der Waals surface area contributed by atoms with Crippen LogP contribution in [-0.2, 0) is 14.1 Å². The van der Waals surface area contributed by atoms with E-state index < -0.39 is 0 Å². The molecular formula is C52H56N10. The minimum Gasteiger partial charge on any atom is -0.371 e. The van der Waals surface area contributed by atoms with Gasteiger partial charge in [0.1, 0.15) is 5.82 Å². The van der Waals surface area contributed by atoms with Gasteiger partial charge in [-0.1, -0.05) is 44.2 Å². The lowest BCUT2D eigenvalue weighted by Gasteiger charge is -2.48. The molecule has 3 aliphatic rings. The van der Waals surface area contributed by atoms with Gasteiger partial charge in [0.15, 0.2) is 0 Å². The summed E-state index contributed by atoms with van der Waals surface area (Å²) in [5, 5.41) is 4.95. The van der Waals surface area contributed by atoms with Crippen LogP contribution in [0.2, 0.25) is 0 Å². The van der Waals surface area contributed by atoms with Crippen molar-refractivity contribution in [2.75, 3.05) is 49.6 Å². The maximum atomic E-state index is 5.32. The molecule has 12 rings (SSSR count). The predicted molar refractivity (Wildman–Crippen MR) is 254 cm³/mol. The van der Waals surface area contributed by atoms with Crippen LogP contribution >= 0.6 is 0 Å². The number of aromatic nitrogens is 7. The van der Waals surface area contributed by atoms with Crippen LogP contribution < -0.4 is 9.80 Å². The Hall–Kier alpha value is -6.00. The van der Waals surface area contributed by atoms with Gasteiger partial charge in [-0.3, -0.25) is 14.4 Å². The predicted octanol–water partition coefficient (Wildman–Crippen LogP) is 10.2. The number of anilines is 2. The first-order chi connectivity index (χ1) is 30.3. The van der Waals surface area contributed by atoms with Crippen LogP contribution in [0.15, 0.2) is 97.6 Å². The Morgan fingerprint density at radius 1 is 0.677 bits per heavy atom. The molecule has 3 saturated heterocycles. The highest BCUT2D eigenvalue weighted by atomic mass is 15.2. The molecule has 6 aromatic heterocycles. The molecule has 4 atom stereocenters. The highest BCUT2D eigenvalue weighted by Crippen LogP contribution is 2.42. The fraction of sp³-hybridized carbons (Fsp3) is 0.385. The number of rotatable bonds is 5. The summed E-state index contributed by atoms with van der Waals surface area (Å²) < 4.78 is 6.86. The first kappa shape index (κ1) is 37.7. The average molecular weight is 821 g/mol. The van der Waals surface area contributed by atoms with E-state index in [0.29, 0.717) is 23.8 Å². The fourth-order valence-electron chi connectivity index (χ4n) is 11.9. The Bertz CT molecular complexity index is 3180. The highest BCUT2D eigenvalue weighted by molar-refractivity contribution is 6.16. The van der Waals surface area contributed by atoms with E-state index in [1.165, 1.54) is 80.5 Å². The van der Waals surface area contributed by atoms with Crippen molar-refractivity contribution < 1.29 is 0 Å². The number of fused-ring (bicyclic) bond motifs is 9. The number of piperidine rings is 3. The second kappa shape index (κ2) is 14.5. The van der Waals surface area contributed by atoms with Crippen molar-refractivity contribution in [2.24, 2.45) is 31.8 Å². The topological polar surface area (TPSA) is 75.6 Å². The zero-order valence-electron chi connectivity index (χ0n) is 36.7. The minimum atomic E-state index is 0.503. The number of imidazole rings is 1. The number of hydrogen-bond acceptors (Lipinski definition) is 7. The molecule has 0 radical (unpaired) electrons. The summed E-state index contributed by atoms with van der Waals surface area (Å²) in [4.78, 5) is 27.8. The van der Waals surface area contributed by atoms with E-state index in [4.69, 9.17) is 15.0 Å². The maximum absolute atomic E-state index is 5.32. The third-order valence-corrected chi connectivity index (χ3v) is 15.6. The van der Waals surface area contributed by atoms with Crippen LogP contribution in [-0.4, -0.2) is 84.2 Å². The number of para-hydroxylation sites is 1. The number of benzene rings is 3. The second-order valence-corrected chi connectivity index (χ2v) is 19.1. The monoisotopic (exact) mass is 820 g/mol. The van der Waals surface area contributed by atoms with E-state index in [1.807, 2.05) is 18.6 Å². The van der Waals surface area contributed by atoms with Gasteiger partial charge in [-0.25, -0.2) is 4.98 Å². The van der Waals surface area contributed by atoms with Crippen LogP contribution in [0.4, 0.5) is 11.5 Å². The van der Waals surface area contributed by atoms with Crippen LogP contribution in [0.25, 0.3) is 71.7 Å². The van der Waals surface area contributed by atoms with E-state index >= 15 is 0 Å². The van der Waals surface area contributed by atoms with Gasteiger partial charge >= 0.3 is 0 Å². The molecule has 0 bridgehead atoms. The van der Waals surface area contributed by atoms with Crippen molar-refractivity contribution in [1.29, 1.82) is 0 Å². The molecule has 3 aliphatic heterocycles. The molecule has 3 aromatic carbocycles. The summed E-state index contributed by atoms with van der Waals surface area (Å²) in [6, 6.07) is 27.7. The molecule has 4 unspecified atom stereocenters.